The van der Waals surface area contributed by atoms with E-state index in [0.29, 0.717) is 28.0 Å². The first-order chi connectivity index (χ1) is 17.2. The molecule has 9 nitrogen and oxygen atoms in total. The minimum Gasteiger partial charge on any atom is -0.506 e. The minimum absolute atomic E-state index is 0.0448. The summed E-state index contributed by atoms with van der Waals surface area (Å²) in [5.74, 6) is 0.201. The van der Waals surface area contributed by atoms with Gasteiger partial charge in [0.15, 0.2) is 0 Å². The Bertz CT molecular complexity index is 1580. The molecule has 0 unspecified atom stereocenters. The van der Waals surface area contributed by atoms with E-state index in [1.54, 1.807) is 48.5 Å². The van der Waals surface area contributed by atoms with E-state index in [-0.39, 0.29) is 33.1 Å². The molecule has 4 aromatic carbocycles. The number of hydrogen-bond acceptors (Lipinski definition) is 7. The fourth-order valence-corrected chi connectivity index (χ4v) is 4.48. The number of phenolic OH excluding ortho intramolecular Hbond substituents is 1. The van der Waals surface area contributed by atoms with Crippen LogP contribution >= 0.6 is 0 Å². The predicted octanol–water partition coefficient (Wildman–Crippen LogP) is 4.14. The maximum Gasteiger partial charge on any atom is 0.259 e. The lowest BCUT2D eigenvalue weighted by molar-refractivity contribution is 0.102. The highest BCUT2D eigenvalue weighted by atomic mass is 32.2. The molecular formula is C26H24N2O7S. The molecule has 0 bridgehead atoms. The van der Waals surface area contributed by atoms with Crippen LogP contribution in [0, 0.1) is 0 Å². The summed E-state index contributed by atoms with van der Waals surface area (Å²) in [4.78, 5) is 13.2. The molecular weight excluding hydrogens is 484 g/mol. The first kappa shape index (κ1) is 24.8. The number of phenols is 1. The van der Waals surface area contributed by atoms with Gasteiger partial charge in [-0.3, -0.25) is 4.79 Å². The molecule has 4 aromatic rings. The van der Waals surface area contributed by atoms with E-state index < -0.39 is 15.9 Å². The summed E-state index contributed by atoms with van der Waals surface area (Å²) >= 11 is 0. The van der Waals surface area contributed by atoms with Crippen molar-refractivity contribution in [3.63, 3.8) is 0 Å². The Morgan fingerprint density at radius 1 is 0.889 bits per heavy atom. The van der Waals surface area contributed by atoms with Crippen LogP contribution in [-0.4, -0.2) is 40.8 Å². The Labute approximate surface area is 208 Å². The van der Waals surface area contributed by atoms with Crippen molar-refractivity contribution < 1.29 is 32.5 Å². The third-order valence-corrected chi connectivity index (χ3v) is 6.60. The second kappa shape index (κ2) is 9.76. The minimum atomic E-state index is -4.05. The SMILES string of the molecule is COc1ccc(OC)c(NC(=O)c2cc3ccccc3c(-c3cc(S(N)(=O)=O)ccc3OC)c2O)c1. The Balaban J connectivity index is 1.94. The van der Waals surface area contributed by atoms with Gasteiger partial charge in [0.1, 0.15) is 23.0 Å². The van der Waals surface area contributed by atoms with Crippen LogP contribution in [0.15, 0.2) is 71.6 Å². The average molecular weight is 509 g/mol. The molecule has 0 aliphatic carbocycles. The van der Waals surface area contributed by atoms with E-state index in [1.807, 2.05) is 0 Å². The predicted molar refractivity (Wildman–Crippen MR) is 136 cm³/mol. The highest BCUT2D eigenvalue weighted by Gasteiger charge is 2.24. The zero-order valence-corrected chi connectivity index (χ0v) is 20.5. The maximum atomic E-state index is 13.4. The molecule has 0 heterocycles. The van der Waals surface area contributed by atoms with Crippen LogP contribution in [0.4, 0.5) is 5.69 Å². The number of aromatic hydroxyl groups is 1. The number of methoxy groups -OCH3 is 3. The third-order valence-electron chi connectivity index (χ3n) is 5.69. The molecule has 0 aliphatic heterocycles. The molecule has 4 rings (SSSR count). The van der Waals surface area contributed by atoms with Crippen LogP contribution in [0.1, 0.15) is 10.4 Å². The van der Waals surface area contributed by atoms with Gasteiger partial charge in [0, 0.05) is 17.2 Å². The van der Waals surface area contributed by atoms with Gasteiger partial charge in [0.25, 0.3) is 5.91 Å². The van der Waals surface area contributed by atoms with Crippen LogP contribution in [0.5, 0.6) is 23.0 Å². The van der Waals surface area contributed by atoms with Crippen molar-refractivity contribution >= 4 is 32.4 Å². The molecule has 186 valence electrons. The molecule has 0 saturated carbocycles. The number of nitrogens with two attached hydrogens (primary N) is 1. The highest BCUT2D eigenvalue weighted by Crippen LogP contribution is 2.44. The number of carbonyl (C=O) groups is 1. The summed E-state index contributed by atoms with van der Waals surface area (Å²) in [6.45, 7) is 0. The summed E-state index contributed by atoms with van der Waals surface area (Å²) in [5, 5.41) is 20.7. The number of rotatable bonds is 7. The van der Waals surface area contributed by atoms with Gasteiger partial charge in [0.05, 0.1) is 37.5 Å². The van der Waals surface area contributed by atoms with Crippen LogP contribution < -0.4 is 24.7 Å². The zero-order valence-electron chi connectivity index (χ0n) is 19.7. The summed E-state index contributed by atoms with van der Waals surface area (Å²) in [6.07, 6.45) is 0. The van der Waals surface area contributed by atoms with Crippen molar-refractivity contribution in [2.45, 2.75) is 4.90 Å². The van der Waals surface area contributed by atoms with Gasteiger partial charge in [-0.1, -0.05) is 24.3 Å². The van der Waals surface area contributed by atoms with E-state index >= 15 is 0 Å². The molecule has 0 fully saturated rings. The Kier molecular flexibility index (Phi) is 6.73. The van der Waals surface area contributed by atoms with Crippen molar-refractivity contribution in [3.05, 3.63) is 72.3 Å². The second-order valence-electron chi connectivity index (χ2n) is 7.80. The summed E-state index contributed by atoms with van der Waals surface area (Å²) in [7, 11) is 0.333. The number of nitrogens with one attached hydrogen (secondary N) is 1. The van der Waals surface area contributed by atoms with Gasteiger partial charge < -0.3 is 24.6 Å². The average Bonchev–Trinajstić information content (AvgIpc) is 2.87. The standard InChI is InChI=1S/C26H24N2O7S/c1-33-16-8-10-23(35-3)21(13-16)28-26(30)20-12-15-6-4-5-7-18(15)24(25(20)29)19-14-17(36(27,31)32)9-11-22(19)34-2/h4-14,29H,1-3H3,(H,28,30)(H2,27,31,32). The van der Waals surface area contributed by atoms with Gasteiger partial charge in [-0.2, -0.15) is 0 Å². The number of amides is 1. The van der Waals surface area contributed by atoms with E-state index in [2.05, 4.69) is 5.32 Å². The number of carbonyl (C=O) groups excluding carboxylic acids is 1. The lowest BCUT2D eigenvalue weighted by atomic mass is 9.93. The number of ether oxygens (including phenoxy) is 3. The Morgan fingerprint density at radius 2 is 1.58 bits per heavy atom. The van der Waals surface area contributed by atoms with Crippen LogP contribution in [0.3, 0.4) is 0 Å². The molecule has 4 N–H and O–H groups in total. The fourth-order valence-electron chi connectivity index (χ4n) is 3.94. The first-order valence-corrected chi connectivity index (χ1v) is 12.2. The number of sulfonamides is 1. The number of primary sulfonamides is 1. The second-order valence-corrected chi connectivity index (χ2v) is 9.36. The van der Waals surface area contributed by atoms with Gasteiger partial charge >= 0.3 is 0 Å². The van der Waals surface area contributed by atoms with Crippen molar-refractivity contribution in [2.24, 2.45) is 5.14 Å². The fraction of sp³-hybridized carbons (Fsp3) is 0.115. The lowest BCUT2D eigenvalue weighted by Gasteiger charge is -2.17. The molecule has 10 heteroatoms. The van der Waals surface area contributed by atoms with E-state index in [9.17, 15) is 18.3 Å². The molecule has 0 spiro atoms. The van der Waals surface area contributed by atoms with Crippen LogP contribution in [0.2, 0.25) is 0 Å². The summed E-state index contributed by atoms with van der Waals surface area (Å²) < 4.78 is 40.1. The maximum absolute atomic E-state index is 13.4. The monoisotopic (exact) mass is 508 g/mol. The number of hydrogen-bond donors (Lipinski definition) is 3. The van der Waals surface area contributed by atoms with E-state index in [4.69, 9.17) is 19.3 Å². The van der Waals surface area contributed by atoms with Gasteiger partial charge in [0.2, 0.25) is 10.0 Å². The van der Waals surface area contributed by atoms with Crippen LogP contribution in [0.25, 0.3) is 21.9 Å². The Morgan fingerprint density at radius 3 is 2.25 bits per heavy atom. The molecule has 0 radical (unpaired) electrons. The first-order valence-electron chi connectivity index (χ1n) is 10.7. The highest BCUT2D eigenvalue weighted by molar-refractivity contribution is 7.89. The lowest BCUT2D eigenvalue weighted by Crippen LogP contribution is -2.14. The van der Waals surface area contributed by atoms with Gasteiger partial charge in [-0.05, 0) is 47.2 Å². The molecule has 36 heavy (non-hydrogen) atoms. The quantitative estimate of drug-likeness (QED) is 0.341. The molecule has 0 atom stereocenters. The van der Waals surface area contributed by atoms with E-state index in [1.165, 1.54) is 39.5 Å². The van der Waals surface area contributed by atoms with Gasteiger partial charge in [-0.15, -0.1) is 0 Å². The largest absolute Gasteiger partial charge is 0.506 e. The molecule has 1 amide bonds. The topological polar surface area (TPSA) is 137 Å². The smallest absolute Gasteiger partial charge is 0.259 e. The number of benzene rings is 4. The van der Waals surface area contributed by atoms with Crippen molar-refractivity contribution in [1.29, 1.82) is 0 Å². The summed E-state index contributed by atoms with van der Waals surface area (Å²) in [5.41, 5.74) is 0.769. The van der Waals surface area contributed by atoms with Crippen molar-refractivity contribution in [1.82, 2.24) is 0 Å². The summed E-state index contributed by atoms with van der Waals surface area (Å²) in [6, 6.07) is 17.6. The third kappa shape index (κ3) is 4.64. The van der Waals surface area contributed by atoms with E-state index in [0.717, 1.165) is 0 Å². The molecule has 0 aromatic heterocycles. The zero-order chi connectivity index (χ0) is 26.0. The van der Waals surface area contributed by atoms with Crippen LogP contribution in [-0.2, 0) is 10.0 Å². The van der Waals surface area contributed by atoms with Crippen molar-refractivity contribution in [3.8, 4) is 34.1 Å². The number of fused-ring (bicyclic) bond motifs is 1. The van der Waals surface area contributed by atoms with Crippen molar-refractivity contribution in [2.75, 3.05) is 26.6 Å². The normalized spacial score (nSPS) is 11.2. The molecule has 0 aliphatic rings. The molecule has 0 saturated heterocycles. The Hall–Kier alpha value is -4.28. The number of anilines is 1. The van der Waals surface area contributed by atoms with Gasteiger partial charge in [-0.25, -0.2) is 13.6 Å².